The van der Waals surface area contributed by atoms with E-state index in [0.717, 1.165) is 25.2 Å². The molecule has 1 aromatic heterocycles. The standard InChI is InChI=1S/C12H20N4O/c1-16-6-2-3-9(8-16)10-4-5-14-12(15-10)11(17)7-13/h4-5,9,11,17H,2-3,6-8,13H2,1H3. The van der Waals surface area contributed by atoms with E-state index in [9.17, 15) is 5.11 Å². The van der Waals surface area contributed by atoms with Crippen molar-refractivity contribution in [1.82, 2.24) is 14.9 Å². The Morgan fingerprint density at radius 1 is 1.65 bits per heavy atom. The molecular weight excluding hydrogens is 216 g/mol. The molecule has 0 aromatic carbocycles. The van der Waals surface area contributed by atoms with Crippen LogP contribution in [-0.2, 0) is 0 Å². The number of likely N-dealkylation sites (N-methyl/N-ethyl adjacent to an activating group) is 1. The van der Waals surface area contributed by atoms with Gasteiger partial charge in [-0.05, 0) is 32.5 Å². The quantitative estimate of drug-likeness (QED) is 0.788. The molecule has 0 radical (unpaired) electrons. The summed E-state index contributed by atoms with van der Waals surface area (Å²) in [6, 6.07) is 1.94. The topological polar surface area (TPSA) is 75.3 Å². The first-order valence-electron chi connectivity index (χ1n) is 6.10. The lowest BCUT2D eigenvalue weighted by Crippen LogP contribution is -2.31. The Bertz CT molecular complexity index is 371. The van der Waals surface area contributed by atoms with Gasteiger partial charge < -0.3 is 15.7 Å². The largest absolute Gasteiger partial charge is 0.384 e. The van der Waals surface area contributed by atoms with E-state index >= 15 is 0 Å². The minimum atomic E-state index is -0.753. The van der Waals surface area contributed by atoms with Gasteiger partial charge in [-0.2, -0.15) is 0 Å². The number of nitrogens with zero attached hydrogens (tertiary/aromatic N) is 3. The summed E-state index contributed by atoms with van der Waals surface area (Å²) in [6.45, 7) is 2.34. The summed E-state index contributed by atoms with van der Waals surface area (Å²) in [4.78, 5) is 10.8. The van der Waals surface area contributed by atoms with Crippen molar-refractivity contribution in [2.24, 2.45) is 5.73 Å². The third-order valence-electron chi connectivity index (χ3n) is 3.26. The summed E-state index contributed by atoms with van der Waals surface area (Å²) in [5.74, 6) is 0.888. The van der Waals surface area contributed by atoms with Crippen LogP contribution in [-0.4, -0.2) is 46.7 Å². The Kier molecular flexibility index (Phi) is 4.04. The highest BCUT2D eigenvalue weighted by atomic mass is 16.3. The van der Waals surface area contributed by atoms with Crippen molar-refractivity contribution >= 4 is 0 Å². The summed E-state index contributed by atoms with van der Waals surface area (Å²) in [5.41, 5.74) is 6.44. The number of aliphatic hydroxyl groups is 1. The van der Waals surface area contributed by atoms with Gasteiger partial charge in [0.05, 0.1) is 0 Å². The summed E-state index contributed by atoms with van der Waals surface area (Å²) in [5, 5.41) is 9.64. The van der Waals surface area contributed by atoms with Gasteiger partial charge in [-0.3, -0.25) is 0 Å². The molecule has 2 atom stereocenters. The van der Waals surface area contributed by atoms with Gasteiger partial charge in [0.1, 0.15) is 6.10 Å². The van der Waals surface area contributed by atoms with Gasteiger partial charge in [-0.15, -0.1) is 0 Å². The van der Waals surface area contributed by atoms with Crippen molar-refractivity contribution in [3.05, 3.63) is 23.8 Å². The van der Waals surface area contributed by atoms with Crippen LogP contribution in [0.25, 0.3) is 0 Å². The monoisotopic (exact) mass is 236 g/mol. The van der Waals surface area contributed by atoms with E-state index < -0.39 is 6.10 Å². The summed E-state index contributed by atoms with van der Waals surface area (Å²) in [7, 11) is 2.13. The van der Waals surface area contributed by atoms with E-state index in [1.165, 1.54) is 6.42 Å². The number of hydrogen-bond acceptors (Lipinski definition) is 5. The second kappa shape index (κ2) is 5.53. The molecule has 5 nitrogen and oxygen atoms in total. The molecule has 0 bridgehead atoms. The SMILES string of the molecule is CN1CCCC(c2ccnc(C(O)CN)n2)C1. The van der Waals surface area contributed by atoms with Crippen LogP contribution in [0.3, 0.4) is 0 Å². The van der Waals surface area contributed by atoms with Crippen molar-refractivity contribution in [2.45, 2.75) is 24.9 Å². The molecule has 2 heterocycles. The zero-order valence-electron chi connectivity index (χ0n) is 10.2. The van der Waals surface area contributed by atoms with Crippen LogP contribution in [0, 0.1) is 0 Å². The fraction of sp³-hybridized carbons (Fsp3) is 0.667. The first-order chi connectivity index (χ1) is 8.20. The van der Waals surface area contributed by atoms with E-state index in [4.69, 9.17) is 5.73 Å². The second-order valence-electron chi connectivity index (χ2n) is 4.69. The Hall–Kier alpha value is -1.04. The summed E-state index contributed by atoms with van der Waals surface area (Å²) in [6.07, 6.45) is 3.31. The predicted octanol–water partition coefficient (Wildman–Crippen LogP) is 0.278. The van der Waals surface area contributed by atoms with E-state index in [-0.39, 0.29) is 6.54 Å². The number of piperidine rings is 1. The molecule has 0 aliphatic carbocycles. The highest BCUT2D eigenvalue weighted by Gasteiger charge is 2.21. The van der Waals surface area contributed by atoms with Crippen LogP contribution < -0.4 is 5.73 Å². The third kappa shape index (κ3) is 3.00. The van der Waals surface area contributed by atoms with Gasteiger partial charge in [0.2, 0.25) is 0 Å². The van der Waals surface area contributed by atoms with Crippen molar-refractivity contribution in [1.29, 1.82) is 0 Å². The van der Waals surface area contributed by atoms with Gasteiger partial charge in [0, 0.05) is 30.9 Å². The number of nitrogens with two attached hydrogens (primary N) is 1. The lowest BCUT2D eigenvalue weighted by molar-refractivity contribution is 0.175. The zero-order chi connectivity index (χ0) is 12.3. The van der Waals surface area contributed by atoms with Gasteiger partial charge >= 0.3 is 0 Å². The maximum absolute atomic E-state index is 9.64. The zero-order valence-corrected chi connectivity index (χ0v) is 10.2. The van der Waals surface area contributed by atoms with Crippen LogP contribution in [0.4, 0.5) is 0 Å². The van der Waals surface area contributed by atoms with Gasteiger partial charge in [0.15, 0.2) is 5.82 Å². The average molecular weight is 236 g/mol. The number of likely N-dealkylation sites (tertiary alicyclic amines) is 1. The molecule has 2 unspecified atom stereocenters. The van der Waals surface area contributed by atoms with Gasteiger partial charge in [0.25, 0.3) is 0 Å². The first kappa shape index (κ1) is 12.4. The first-order valence-corrected chi connectivity index (χ1v) is 6.10. The Balaban J connectivity index is 2.15. The fourth-order valence-electron chi connectivity index (χ4n) is 2.29. The van der Waals surface area contributed by atoms with Crippen molar-refractivity contribution < 1.29 is 5.11 Å². The normalized spacial score (nSPS) is 23.6. The molecule has 0 spiro atoms. The molecule has 1 aliphatic heterocycles. The van der Waals surface area contributed by atoms with E-state index in [2.05, 4.69) is 21.9 Å². The van der Waals surface area contributed by atoms with E-state index in [0.29, 0.717) is 11.7 Å². The lowest BCUT2D eigenvalue weighted by atomic mass is 9.95. The molecule has 94 valence electrons. The second-order valence-corrected chi connectivity index (χ2v) is 4.69. The summed E-state index contributed by atoms with van der Waals surface area (Å²) >= 11 is 0. The minimum absolute atomic E-state index is 0.161. The number of aromatic nitrogens is 2. The highest BCUT2D eigenvalue weighted by molar-refractivity contribution is 5.11. The Morgan fingerprint density at radius 2 is 2.47 bits per heavy atom. The Morgan fingerprint density at radius 3 is 3.18 bits per heavy atom. The highest BCUT2D eigenvalue weighted by Crippen LogP contribution is 2.24. The molecule has 1 fully saturated rings. The molecule has 1 saturated heterocycles. The number of hydrogen-bond donors (Lipinski definition) is 2. The molecule has 17 heavy (non-hydrogen) atoms. The number of aliphatic hydroxyl groups excluding tert-OH is 1. The van der Waals surface area contributed by atoms with Crippen LogP contribution in [0.5, 0.6) is 0 Å². The third-order valence-corrected chi connectivity index (χ3v) is 3.26. The lowest BCUT2D eigenvalue weighted by Gasteiger charge is -2.29. The molecule has 1 aromatic rings. The van der Waals surface area contributed by atoms with E-state index in [1.807, 2.05) is 6.07 Å². The van der Waals surface area contributed by atoms with Crippen molar-refractivity contribution in [2.75, 3.05) is 26.7 Å². The maximum atomic E-state index is 9.64. The Labute approximate surface area is 102 Å². The average Bonchev–Trinajstić information content (AvgIpc) is 2.38. The molecule has 3 N–H and O–H groups in total. The molecule has 1 aliphatic rings. The fourth-order valence-corrected chi connectivity index (χ4v) is 2.29. The van der Waals surface area contributed by atoms with Crippen molar-refractivity contribution in [3.63, 3.8) is 0 Å². The van der Waals surface area contributed by atoms with Crippen LogP contribution in [0.2, 0.25) is 0 Å². The van der Waals surface area contributed by atoms with Crippen LogP contribution in [0.15, 0.2) is 12.3 Å². The van der Waals surface area contributed by atoms with Gasteiger partial charge in [-0.1, -0.05) is 0 Å². The maximum Gasteiger partial charge on any atom is 0.158 e. The van der Waals surface area contributed by atoms with Gasteiger partial charge in [-0.25, -0.2) is 9.97 Å². The predicted molar refractivity (Wildman–Crippen MR) is 65.5 cm³/mol. The van der Waals surface area contributed by atoms with Crippen LogP contribution >= 0.6 is 0 Å². The number of rotatable bonds is 3. The van der Waals surface area contributed by atoms with Crippen molar-refractivity contribution in [3.8, 4) is 0 Å². The summed E-state index contributed by atoms with van der Waals surface area (Å²) < 4.78 is 0. The van der Waals surface area contributed by atoms with E-state index in [1.54, 1.807) is 6.20 Å². The molecule has 2 rings (SSSR count). The molecule has 0 saturated carbocycles. The smallest absolute Gasteiger partial charge is 0.158 e. The molecule has 5 heteroatoms. The molecular formula is C12H20N4O. The minimum Gasteiger partial charge on any atom is -0.384 e. The van der Waals surface area contributed by atoms with Crippen LogP contribution in [0.1, 0.15) is 36.4 Å². The molecule has 0 amide bonds.